The third-order valence-electron chi connectivity index (χ3n) is 5.16. The molecular formula is C24H19BrN2O4. The number of rotatable bonds is 5. The van der Waals surface area contributed by atoms with Crippen molar-refractivity contribution in [2.75, 3.05) is 7.11 Å². The van der Waals surface area contributed by atoms with Crippen LogP contribution in [0.1, 0.15) is 22.7 Å². The van der Waals surface area contributed by atoms with Crippen molar-refractivity contribution in [3.8, 4) is 5.75 Å². The SMILES string of the molecule is COc1ccc(/C(O)=C2\C(=O)C(=O)N(Cc3cccnc3)[C@@H]2c2ccc(Br)cc2)cc1. The Hall–Kier alpha value is -3.45. The molecule has 31 heavy (non-hydrogen) atoms. The fraction of sp³-hybridized carbons (Fsp3) is 0.125. The van der Waals surface area contributed by atoms with E-state index in [1.807, 2.05) is 30.3 Å². The zero-order chi connectivity index (χ0) is 22.0. The summed E-state index contributed by atoms with van der Waals surface area (Å²) in [5.74, 6) is -0.974. The molecule has 0 saturated carbocycles. The molecule has 1 atom stereocenters. The predicted octanol–water partition coefficient (Wildman–Crippen LogP) is 4.47. The van der Waals surface area contributed by atoms with Crippen LogP contribution in [0.25, 0.3) is 5.76 Å². The van der Waals surface area contributed by atoms with Crippen molar-refractivity contribution in [1.82, 2.24) is 9.88 Å². The van der Waals surface area contributed by atoms with E-state index in [-0.39, 0.29) is 17.9 Å². The quantitative estimate of drug-likeness (QED) is 0.332. The number of carbonyl (C=O) groups excluding carboxylic acids is 2. The topological polar surface area (TPSA) is 79.7 Å². The molecule has 1 N–H and O–H groups in total. The first-order valence-electron chi connectivity index (χ1n) is 9.57. The van der Waals surface area contributed by atoms with Crippen LogP contribution in [0, 0.1) is 0 Å². The van der Waals surface area contributed by atoms with Crippen LogP contribution in [0.2, 0.25) is 0 Å². The summed E-state index contributed by atoms with van der Waals surface area (Å²) in [6.45, 7) is 0.193. The van der Waals surface area contributed by atoms with Crippen molar-refractivity contribution >= 4 is 33.4 Å². The second-order valence-corrected chi connectivity index (χ2v) is 7.98. The average Bonchev–Trinajstić information content (AvgIpc) is 3.05. The molecule has 2 aromatic carbocycles. The Morgan fingerprint density at radius 3 is 2.42 bits per heavy atom. The van der Waals surface area contributed by atoms with E-state index in [9.17, 15) is 14.7 Å². The number of nitrogens with zero attached hydrogens (tertiary/aromatic N) is 2. The Labute approximate surface area is 187 Å². The van der Waals surface area contributed by atoms with Gasteiger partial charge >= 0.3 is 0 Å². The molecule has 0 radical (unpaired) electrons. The van der Waals surface area contributed by atoms with Gasteiger partial charge < -0.3 is 14.7 Å². The molecule has 1 aliphatic rings. The van der Waals surface area contributed by atoms with E-state index >= 15 is 0 Å². The third kappa shape index (κ3) is 4.09. The summed E-state index contributed by atoms with van der Waals surface area (Å²) >= 11 is 3.41. The van der Waals surface area contributed by atoms with E-state index in [0.29, 0.717) is 11.3 Å². The Kier molecular flexibility index (Phi) is 5.86. The summed E-state index contributed by atoms with van der Waals surface area (Å²) in [7, 11) is 1.55. The van der Waals surface area contributed by atoms with Crippen molar-refractivity contribution in [3.05, 3.63) is 99.8 Å². The van der Waals surface area contributed by atoms with Crippen LogP contribution >= 0.6 is 15.9 Å². The van der Waals surface area contributed by atoms with E-state index in [2.05, 4.69) is 20.9 Å². The van der Waals surface area contributed by atoms with Crippen LogP contribution in [0.5, 0.6) is 5.75 Å². The number of aliphatic hydroxyl groups excluding tert-OH is 1. The molecule has 7 heteroatoms. The molecule has 1 saturated heterocycles. The van der Waals surface area contributed by atoms with Crippen LogP contribution in [-0.4, -0.2) is 33.8 Å². The van der Waals surface area contributed by atoms with Crippen LogP contribution in [-0.2, 0) is 16.1 Å². The molecule has 1 aromatic heterocycles. The van der Waals surface area contributed by atoms with Gasteiger partial charge in [0.25, 0.3) is 11.7 Å². The number of hydrogen-bond donors (Lipinski definition) is 1. The maximum atomic E-state index is 13.0. The number of hydrogen-bond acceptors (Lipinski definition) is 5. The molecule has 4 rings (SSSR count). The molecule has 6 nitrogen and oxygen atoms in total. The number of Topliss-reactive ketones (excluding diaryl/α,β-unsaturated/α-hetero) is 1. The van der Waals surface area contributed by atoms with Crippen molar-refractivity contribution < 1.29 is 19.4 Å². The fourth-order valence-corrected chi connectivity index (χ4v) is 3.89. The second-order valence-electron chi connectivity index (χ2n) is 7.07. The molecule has 0 bridgehead atoms. The largest absolute Gasteiger partial charge is 0.507 e. The highest BCUT2D eigenvalue weighted by Gasteiger charge is 2.46. The molecule has 3 aromatic rings. The zero-order valence-corrected chi connectivity index (χ0v) is 18.2. The van der Waals surface area contributed by atoms with Gasteiger partial charge in [-0.3, -0.25) is 14.6 Å². The van der Waals surface area contributed by atoms with Crippen molar-refractivity contribution in [2.24, 2.45) is 0 Å². The maximum absolute atomic E-state index is 13.0. The number of likely N-dealkylation sites (tertiary alicyclic amines) is 1. The molecule has 156 valence electrons. The van der Waals surface area contributed by atoms with E-state index in [1.165, 1.54) is 4.90 Å². The highest BCUT2D eigenvalue weighted by atomic mass is 79.9. The molecule has 1 amide bonds. The Morgan fingerprint density at radius 1 is 1.10 bits per heavy atom. The van der Waals surface area contributed by atoms with Crippen molar-refractivity contribution in [2.45, 2.75) is 12.6 Å². The molecule has 2 heterocycles. The number of aliphatic hydroxyl groups is 1. The lowest BCUT2D eigenvalue weighted by Gasteiger charge is -2.25. The normalized spacial score (nSPS) is 17.7. The third-order valence-corrected chi connectivity index (χ3v) is 5.69. The summed E-state index contributed by atoms with van der Waals surface area (Å²) in [5, 5.41) is 11.1. The minimum atomic E-state index is -0.726. The number of pyridine rings is 1. The first kappa shape index (κ1) is 20.8. The Bertz CT molecular complexity index is 1140. The molecular weight excluding hydrogens is 460 g/mol. The molecule has 0 aliphatic carbocycles. The van der Waals surface area contributed by atoms with Crippen molar-refractivity contribution in [1.29, 1.82) is 0 Å². The van der Waals surface area contributed by atoms with Gasteiger partial charge in [-0.2, -0.15) is 0 Å². The van der Waals surface area contributed by atoms with Crippen LogP contribution in [0.4, 0.5) is 0 Å². The summed E-state index contributed by atoms with van der Waals surface area (Å²) < 4.78 is 6.03. The monoisotopic (exact) mass is 478 g/mol. The maximum Gasteiger partial charge on any atom is 0.295 e. The van der Waals surface area contributed by atoms with Crippen LogP contribution in [0.3, 0.4) is 0 Å². The average molecular weight is 479 g/mol. The molecule has 0 unspecified atom stereocenters. The Balaban J connectivity index is 1.84. The lowest BCUT2D eigenvalue weighted by Crippen LogP contribution is -2.29. The summed E-state index contributed by atoms with van der Waals surface area (Å²) in [6.07, 6.45) is 3.30. The first-order valence-corrected chi connectivity index (χ1v) is 10.4. The Morgan fingerprint density at radius 2 is 1.81 bits per heavy atom. The summed E-state index contributed by atoms with van der Waals surface area (Å²) in [5.41, 5.74) is 2.00. The lowest BCUT2D eigenvalue weighted by atomic mass is 9.95. The molecule has 0 spiro atoms. The first-order chi connectivity index (χ1) is 15.0. The number of amides is 1. The molecule has 1 fully saturated rings. The van der Waals surface area contributed by atoms with Gasteiger partial charge in [0.05, 0.1) is 18.7 Å². The van der Waals surface area contributed by atoms with Crippen LogP contribution < -0.4 is 4.74 Å². The standard InChI is InChI=1S/C24H19BrN2O4/c1-31-19-10-6-17(7-11-19)22(28)20-21(16-4-8-18(25)9-5-16)27(24(30)23(20)29)14-15-3-2-12-26-13-15/h2-13,21,28H,14H2,1H3/b22-20+/t21-/m1/s1. The predicted molar refractivity (Wildman–Crippen MR) is 119 cm³/mol. The minimum absolute atomic E-state index is 0.0568. The summed E-state index contributed by atoms with van der Waals surface area (Å²) in [4.78, 5) is 31.6. The van der Waals surface area contributed by atoms with Gasteiger partial charge in [0.15, 0.2) is 0 Å². The number of methoxy groups -OCH3 is 1. The van der Waals surface area contributed by atoms with Crippen LogP contribution in [0.15, 0.2) is 83.1 Å². The number of aromatic nitrogens is 1. The fourth-order valence-electron chi connectivity index (χ4n) is 3.63. The van der Waals surface area contributed by atoms with E-state index in [4.69, 9.17) is 4.74 Å². The number of ketones is 1. The van der Waals surface area contributed by atoms with Crippen molar-refractivity contribution in [3.63, 3.8) is 0 Å². The van der Waals surface area contributed by atoms with E-state index in [1.54, 1.807) is 49.8 Å². The number of ether oxygens (including phenoxy) is 1. The zero-order valence-electron chi connectivity index (χ0n) is 16.7. The van der Waals surface area contributed by atoms with Gasteiger partial charge in [0.2, 0.25) is 0 Å². The highest BCUT2D eigenvalue weighted by Crippen LogP contribution is 2.40. The summed E-state index contributed by atoms with van der Waals surface area (Å²) in [6, 6.07) is 16.9. The molecule has 1 aliphatic heterocycles. The number of halogens is 1. The van der Waals surface area contributed by atoms with Gasteiger partial charge in [0.1, 0.15) is 11.5 Å². The second kappa shape index (κ2) is 8.73. The highest BCUT2D eigenvalue weighted by molar-refractivity contribution is 9.10. The van der Waals surface area contributed by atoms with Gasteiger partial charge in [-0.05, 0) is 53.6 Å². The van der Waals surface area contributed by atoms with E-state index in [0.717, 1.165) is 15.6 Å². The van der Waals surface area contributed by atoms with Gasteiger partial charge in [-0.15, -0.1) is 0 Å². The number of benzene rings is 2. The van der Waals surface area contributed by atoms with E-state index < -0.39 is 17.7 Å². The van der Waals surface area contributed by atoms with Gasteiger partial charge in [0, 0.05) is 29.0 Å². The number of carbonyl (C=O) groups is 2. The minimum Gasteiger partial charge on any atom is -0.507 e. The smallest absolute Gasteiger partial charge is 0.295 e. The van der Waals surface area contributed by atoms with Gasteiger partial charge in [-0.1, -0.05) is 34.1 Å². The lowest BCUT2D eigenvalue weighted by molar-refractivity contribution is -0.140. The van der Waals surface area contributed by atoms with Gasteiger partial charge in [-0.25, -0.2) is 0 Å².